The minimum Gasteiger partial charge on any atom is -0.269 e. The Kier molecular flexibility index (Phi) is 5.94. The third-order valence-corrected chi connectivity index (χ3v) is 5.60. The lowest BCUT2D eigenvalue weighted by molar-refractivity contribution is -0.137. The molecule has 3 rings (SSSR count). The van der Waals surface area contributed by atoms with E-state index in [1.54, 1.807) is 30.3 Å². The molecule has 27 heavy (non-hydrogen) atoms. The van der Waals surface area contributed by atoms with Crippen LogP contribution in [0.3, 0.4) is 0 Å². The van der Waals surface area contributed by atoms with E-state index in [9.17, 15) is 14.0 Å². The quantitative estimate of drug-likeness (QED) is 0.591. The minimum atomic E-state index is -0.490. The first-order valence-corrected chi connectivity index (χ1v) is 9.89. The van der Waals surface area contributed by atoms with Crippen molar-refractivity contribution in [2.24, 2.45) is 0 Å². The number of thioether (sulfide) groups is 1. The Hall–Kier alpha value is -1.82. The number of hydrogen-bond donors (Lipinski definition) is 0. The maximum atomic E-state index is 14.0. The molecule has 2 aromatic rings. The molecule has 0 aliphatic carbocycles. The van der Waals surface area contributed by atoms with Crippen molar-refractivity contribution in [3.63, 3.8) is 0 Å². The molecule has 7 heteroatoms. The van der Waals surface area contributed by atoms with Gasteiger partial charge in [-0.25, -0.2) is 4.39 Å². The standard InChI is InChI=1S/C20H16Cl2FNO2S/c1-11(2)27-18-17(14-8-7-13(21)9-15(14)22)19(25)24(20(18)26)10-12-5-3-4-6-16(12)23/h3-9,11H,10H2,1-2H3. The molecule has 0 spiro atoms. The fraction of sp³-hybridized carbons (Fsp3) is 0.200. The molecule has 0 atom stereocenters. The Morgan fingerprint density at radius 1 is 1.07 bits per heavy atom. The SMILES string of the molecule is CC(C)SC1=C(c2ccc(Cl)cc2Cl)C(=O)N(Cc2ccccc2F)C1=O. The Bertz CT molecular complexity index is 959. The topological polar surface area (TPSA) is 37.4 Å². The summed E-state index contributed by atoms with van der Waals surface area (Å²) >= 11 is 13.5. The second-order valence-electron chi connectivity index (χ2n) is 6.28. The molecule has 0 bridgehead atoms. The first-order chi connectivity index (χ1) is 12.8. The lowest BCUT2D eigenvalue weighted by Gasteiger charge is -2.16. The molecule has 0 fully saturated rings. The van der Waals surface area contributed by atoms with E-state index in [-0.39, 0.29) is 28.0 Å². The molecule has 1 heterocycles. The summed E-state index contributed by atoms with van der Waals surface area (Å²) in [5, 5.41) is 0.793. The van der Waals surface area contributed by atoms with E-state index in [4.69, 9.17) is 23.2 Å². The average Bonchev–Trinajstić information content (AvgIpc) is 2.81. The van der Waals surface area contributed by atoms with Crippen molar-refractivity contribution in [2.75, 3.05) is 0 Å². The van der Waals surface area contributed by atoms with Gasteiger partial charge < -0.3 is 0 Å². The van der Waals surface area contributed by atoms with Gasteiger partial charge in [0.1, 0.15) is 5.82 Å². The minimum absolute atomic E-state index is 0.0752. The van der Waals surface area contributed by atoms with Crippen molar-refractivity contribution >= 4 is 52.4 Å². The van der Waals surface area contributed by atoms with E-state index >= 15 is 0 Å². The molecule has 0 saturated heterocycles. The van der Waals surface area contributed by atoms with E-state index in [1.165, 1.54) is 23.9 Å². The van der Waals surface area contributed by atoms with Crippen LogP contribution in [0, 0.1) is 5.82 Å². The molecule has 2 amide bonds. The molecule has 2 aromatic carbocycles. The summed E-state index contributed by atoms with van der Waals surface area (Å²) in [6.45, 7) is 3.72. The molecular formula is C20H16Cl2FNO2S. The summed E-state index contributed by atoms with van der Waals surface area (Å²) in [6.07, 6.45) is 0. The van der Waals surface area contributed by atoms with Crippen LogP contribution in [0.5, 0.6) is 0 Å². The van der Waals surface area contributed by atoms with Crippen molar-refractivity contribution in [2.45, 2.75) is 25.6 Å². The van der Waals surface area contributed by atoms with E-state index < -0.39 is 17.6 Å². The normalized spacial score (nSPS) is 14.7. The molecular weight excluding hydrogens is 408 g/mol. The number of benzene rings is 2. The summed E-state index contributed by atoms with van der Waals surface area (Å²) in [5.74, 6) is -1.40. The summed E-state index contributed by atoms with van der Waals surface area (Å²) in [4.78, 5) is 27.4. The number of carbonyl (C=O) groups excluding carboxylic acids is 2. The monoisotopic (exact) mass is 423 g/mol. The van der Waals surface area contributed by atoms with Gasteiger partial charge in [0.2, 0.25) is 0 Å². The summed E-state index contributed by atoms with van der Waals surface area (Å²) in [7, 11) is 0. The number of hydrogen-bond acceptors (Lipinski definition) is 3. The Morgan fingerprint density at radius 2 is 1.78 bits per heavy atom. The van der Waals surface area contributed by atoms with Gasteiger partial charge in [-0.3, -0.25) is 14.5 Å². The van der Waals surface area contributed by atoms with Gasteiger partial charge in [-0.2, -0.15) is 0 Å². The van der Waals surface area contributed by atoms with Gasteiger partial charge in [0.25, 0.3) is 11.8 Å². The molecule has 1 aliphatic rings. The summed E-state index contributed by atoms with van der Waals surface area (Å²) < 4.78 is 14.0. The van der Waals surface area contributed by atoms with Gasteiger partial charge in [-0.15, -0.1) is 11.8 Å². The van der Waals surface area contributed by atoms with Crippen LogP contribution < -0.4 is 0 Å². The number of imide groups is 1. The van der Waals surface area contributed by atoms with Crippen LogP contribution in [0.1, 0.15) is 25.0 Å². The van der Waals surface area contributed by atoms with Gasteiger partial charge in [0.15, 0.2) is 0 Å². The van der Waals surface area contributed by atoms with Crippen LogP contribution in [-0.2, 0) is 16.1 Å². The number of halogens is 3. The van der Waals surface area contributed by atoms with Gasteiger partial charge in [-0.05, 0) is 18.2 Å². The molecule has 140 valence electrons. The molecule has 0 radical (unpaired) electrons. The second-order valence-corrected chi connectivity index (χ2v) is 8.71. The smallest absolute Gasteiger partial charge is 0.268 e. The lowest BCUT2D eigenvalue weighted by Crippen LogP contribution is -2.31. The fourth-order valence-corrected chi connectivity index (χ4v) is 4.27. The van der Waals surface area contributed by atoms with E-state index in [0.29, 0.717) is 15.5 Å². The lowest BCUT2D eigenvalue weighted by atomic mass is 10.1. The molecule has 1 aliphatic heterocycles. The van der Waals surface area contributed by atoms with Crippen LogP contribution in [0.15, 0.2) is 47.4 Å². The van der Waals surface area contributed by atoms with Crippen LogP contribution in [0.4, 0.5) is 4.39 Å². The molecule has 0 saturated carbocycles. The highest BCUT2D eigenvalue weighted by Crippen LogP contribution is 2.41. The predicted octanol–water partition coefficient (Wildman–Crippen LogP) is 5.55. The molecule has 3 nitrogen and oxygen atoms in total. The first-order valence-electron chi connectivity index (χ1n) is 8.25. The van der Waals surface area contributed by atoms with Crippen LogP contribution >= 0.6 is 35.0 Å². The third kappa shape index (κ3) is 4.05. The number of nitrogens with zero attached hydrogens (tertiary/aromatic N) is 1. The zero-order valence-corrected chi connectivity index (χ0v) is 17.0. The molecule has 0 unspecified atom stereocenters. The zero-order valence-electron chi connectivity index (χ0n) is 14.6. The molecule has 0 N–H and O–H groups in total. The van der Waals surface area contributed by atoms with E-state index in [2.05, 4.69) is 0 Å². The van der Waals surface area contributed by atoms with Crippen molar-refractivity contribution in [3.8, 4) is 0 Å². The Balaban J connectivity index is 2.05. The highest BCUT2D eigenvalue weighted by molar-refractivity contribution is 8.04. The van der Waals surface area contributed by atoms with Gasteiger partial charge in [0, 0.05) is 21.4 Å². The van der Waals surface area contributed by atoms with Crippen LogP contribution in [0.2, 0.25) is 10.0 Å². The van der Waals surface area contributed by atoms with E-state index in [0.717, 1.165) is 4.90 Å². The van der Waals surface area contributed by atoms with Crippen molar-refractivity contribution in [1.29, 1.82) is 0 Å². The highest BCUT2D eigenvalue weighted by Gasteiger charge is 2.40. The maximum Gasteiger partial charge on any atom is 0.268 e. The van der Waals surface area contributed by atoms with Crippen molar-refractivity contribution in [3.05, 3.63) is 74.4 Å². The number of amides is 2. The zero-order chi connectivity index (χ0) is 19.7. The second kappa shape index (κ2) is 8.05. The predicted molar refractivity (Wildman–Crippen MR) is 108 cm³/mol. The van der Waals surface area contributed by atoms with Crippen molar-refractivity contribution < 1.29 is 14.0 Å². The Labute approximate surface area is 171 Å². The summed E-state index contributed by atoms with van der Waals surface area (Å²) in [5.41, 5.74) is 0.951. The van der Waals surface area contributed by atoms with Gasteiger partial charge in [0.05, 0.1) is 22.0 Å². The number of carbonyl (C=O) groups is 2. The maximum absolute atomic E-state index is 14.0. The van der Waals surface area contributed by atoms with Crippen LogP contribution in [0.25, 0.3) is 5.57 Å². The number of rotatable bonds is 5. The van der Waals surface area contributed by atoms with Crippen molar-refractivity contribution in [1.82, 2.24) is 4.90 Å². The third-order valence-electron chi connectivity index (χ3n) is 3.97. The highest BCUT2D eigenvalue weighted by atomic mass is 35.5. The van der Waals surface area contributed by atoms with Gasteiger partial charge >= 0.3 is 0 Å². The molecule has 0 aromatic heterocycles. The van der Waals surface area contributed by atoms with Crippen LogP contribution in [-0.4, -0.2) is 22.0 Å². The fourth-order valence-electron chi connectivity index (χ4n) is 2.77. The first kappa shape index (κ1) is 19.9. The largest absolute Gasteiger partial charge is 0.269 e. The van der Waals surface area contributed by atoms with E-state index in [1.807, 2.05) is 13.8 Å². The summed E-state index contributed by atoms with van der Waals surface area (Å²) in [6, 6.07) is 10.8. The average molecular weight is 424 g/mol. The van der Waals surface area contributed by atoms with Gasteiger partial charge in [-0.1, -0.05) is 61.3 Å². The Morgan fingerprint density at radius 3 is 2.41 bits per heavy atom.